The number of aliphatic hydroxyl groups is 3. The predicted octanol–water partition coefficient (Wildman–Crippen LogP) is 2.07. The van der Waals surface area contributed by atoms with Crippen LogP contribution in [-0.4, -0.2) is 39.9 Å². The molecule has 4 aliphatic rings. The van der Waals surface area contributed by atoms with Crippen LogP contribution in [0.4, 0.5) is 0 Å². The van der Waals surface area contributed by atoms with E-state index in [-0.39, 0.29) is 35.6 Å². The van der Waals surface area contributed by atoms with Gasteiger partial charge in [0.1, 0.15) is 0 Å². The summed E-state index contributed by atoms with van der Waals surface area (Å²) in [5.74, 6) is 0.104. The molecule has 8 atom stereocenters. The number of rotatable bonds is 1. The zero-order valence-corrected chi connectivity index (χ0v) is 14.8. The Labute approximate surface area is 144 Å². The Morgan fingerprint density at radius 2 is 1.79 bits per heavy atom. The van der Waals surface area contributed by atoms with Crippen molar-refractivity contribution in [2.24, 2.45) is 34.0 Å². The van der Waals surface area contributed by atoms with Gasteiger partial charge in [-0.05, 0) is 61.3 Å². The van der Waals surface area contributed by atoms with Crippen molar-refractivity contribution in [3.05, 3.63) is 12.2 Å². The van der Waals surface area contributed by atoms with Gasteiger partial charge in [0.2, 0.25) is 0 Å². The predicted molar refractivity (Wildman–Crippen MR) is 90.1 cm³/mol. The van der Waals surface area contributed by atoms with E-state index in [0.29, 0.717) is 18.4 Å². The lowest BCUT2D eigenvalue weighted by Crippen LogP contribution is -2.66. The average Bonchev–Trinajstić information content (AvgIpc) is 2.68. The third kappa shape index (κ3) is 1.63. The van der Waals surface area contributed by atoms with Gasteiger partial charge in [-0.15, -0.1) is 0 Å². The van der Waals surface area contributed by atoms with Gasteiger partial charge in [-0.2, -0.15) is 0 Å². The molecule has 4 fully saturated rings. The molecule has 4 nitrogen and oxygen atoms in total. The molecule has 134 valence electrons. The Morgan fingerprint density at radius 1 is 1.08 bits per heavy atom. The number of carbonyl (C=O) groups is 1. The van der Waals surface area contributed by atoms with Gasteiger partial charge in [-0.25, -0.2) is 0 Å². The van der Waals surface area contributed by atoms with Crippen molar-refractivity contribution in [1.29, 1.82) is 0 Å². The van der Waals surface area contributed by atoms with E-state index in [1.165, 1.54) is 0 Å². The molecular weight excluding hydrogens is 304 g/mol. The summed E-state index contributed by atoms with van der Waals surface area (Å²) in [4.78, 5) is 13.1. The molecule has 0 heterocycles. The van der Waals surface area contributed by atoms with Gasteiger partial charge in [-0.3, -0.25) is 4.79 Å². The van der Waals surface area contributed by atoms with Crippen LogP contribution in [-0.2, 0) is 4.79 Å². The molecule has 4 saturated carbocycles. The topological polar surface area (TPSA) is 77.8 Å². The minimum Gasteiger partial charge on any atom is -0.396 e. The second-order valence-corrected chi connectivity index (χ2v) is 9.40. The molecule has 0 aliphatic heterocycles. The molecule has 0 aromatic heterocycles. The van der Waals surface area contributed by atoms with Crippen molar-refractivity contribution >= 4 is 5.78 Å². The highest BCUT2D eigenvalue weighted by molar-refractivity contribution is 6.04. The molecule has 3 N–H and O–H groups in total. The first-order valence-corrected chi connectivity index (χ1v) is 9.44. The van der Waals surface area contributed by atoms with Crippen molar-refractivity contribution in [3.8, 4) is 0 Å². The van der Waals surface area contributed by atoms with Crippen LogP contribution in [0.1, 0.15) is 52.4 Å². The lowest BCUT2D eigenvalue weighted by Gasteiger charge is -2.65. The van der Waals surface area contributed by atoms with Crippen molar-refractivity contribution < 1.29 is 20.1 Å². The van der Waals surface area contributed by atoms with Crippen LogP contribution >= 0.6 is 0 Å². The summed E-state index contributed by atoms with van der Waals surface area (Å²) >= 11 is 0. The average molecular weight is 334 g/mol. The minimum absolute atomic E-state index is 0.0251. The van der Waals surface area contributed by atoms with Gasteiger partial charge < -0.3 is 15.3 Å². The molecule has 0 aromatic carbocycles. The first-order valence-electron chi connectivity index (χ1n) is 9.44. The Morgan fingerprint density at radius 3 is 2.46 bits per heavy atom. The third-order valence-corrected chi connectivity index (χ3v) is 8.72. The summed E-state index contributed by atoms with van der Waals surface area (Å²) in [5.41, 5.74) is -0.793. The standard InChI is InChI=1S/C20H30O4/c1-11-12-4-5-14-19(3)13(18(2,10-21)8-7-15(19)22)6-9-20(14,16(11)23)17(12)24/h12-15,17,21-22,24H,1,4-10H2,2-3H3/t12-,13+,14-,15-,17+,18+,19+,20+/m0/s1. The highest BCUT2D eigenvalue weighted by atomic mass is 16.3. The molecule has 2 bridgehead atoms. The Balaban J connectivity index is 1.85. The smallest absolute Gasteiger partial charge is 0.167 e. The molecule has 4 rings (SSSR count). The van der Waals surface area contributed by atoms with E-state index in [2.05, 4.69) is 20.4 Å². The largest absolute Gasteiger partial charge is 0.396 e. The van der Waals surface area contributed by atoms with E-state index in [9.17, 15) is 20.1 Å². The number of hydrogen-bond donors (Lipinski definition) is 3. The van der Waals surface area contributed by atoms with Crippen LogP contribution in [0.3, 0.4) is 0 Å². The summed E-state index contributed by atoms with van der Waals surface area (Å²) in [7, 11) is 0. The maximum Gasteiger partial charge on any atom is 0.167 e. The number of aliphatic hydroxyl groups excluding tert-OH is 3. The van der Waals surface area contributed by atoms with E-state index < -0.39 is 23.0 Å². The lowest BCUT2D eigenvalue weighted by atomic mass is 9.39. The Kier molecular flexibility index (Phi) is 3.44. The fraction of sp³-hybridized carbons (Fsp3) is 0.850. The molecule has 4 heteroatoms. The van der Waals surface area contributed by atoms with E-state index in [0.717, 1.165) is 25.7 Å². The van der Waals surface area contributed by atoms with Crippen molar-refractivity contribution in [3.63, 3.8) is 0 Å². The van der Waals surface area contributed by atoms with Crippen LogP contribution in [0.25, 0.3) is 0 Å². The summed E-state index contributed by atoms with van der Waals surface area (Å²) in [5, 5.41) is 32.0. The third-order valence-electron chi connectivity index (χ3n) is 8.72. The molecule has 0 unspecified atom stereocenters. The maximum atomic E-state index is 13.1. The van der Waals surface area contributed by atoms with Gasteiger partial charge in [0, 0.05) is 17.9 Å². The fourth-order valence-electron chi connectivity index (χ4n) is 7.39. The van der Waals surface area contributed by atoms with Crippen molar-refractivity contribution in [2.75, 3.05) is 6.61 Å². The molecule has 24 heavy (non-hydrogen) atoms. The summed E-state index contributed by atoms with van der Waals surface area (Å²) < 4.78 is 0. The Bertz CT molecular complexity index is 600. The lowest BCUT2D eigenvalue weighted by molar-refractivity contribution is -0.226. The van der Waals surface area contributed by atoms with Crippen LogP contribution in [0.5, 0.6) is 0 Å². The quantitative estimate of drug-likeness (QED) is 0.642. The van der Waals surface area contributed by atoms with Crippen LogP contribution < -0.4 is 0 Å². The van der Waals surface area contributed by atoms with E-state index in [4.69, 9.17) is 0 Å². The summed E-state index contributed by atoms with van der Waals surface area (Å²) in [6.07, 6.45) is 3.43. The monoisotopic (exact) mass is 334 g/mol. The zero-order valence-electron chi connectivity index (χ0n) is 14.8. The van der Waals surface area contributed by atoms with Gasteiger partial charge in [0.05, 0.1) is 17.6 Å². The first-order chi connectivity index (χ1) is 11.2. The molecule has 4 aliphatic carbocycles. The number of ketones is 1. The van der Waals surface area contributed by atoms with Gasteiger partial charge in [0.15, 0.2) is 5.78 Å². The van der Waals surface area contributed by atoms with E-state index in [1.807, 2.05) is 0 Å². The first kappa shape index (κ1) is 16.7. The molecule has 0 saturated heterocycles. The second kappa shape index (κ2) is 4.93. The Hall–Kier alpha value is -0.710. The van der Waals surface area contributed by atoms with Gasteiger partial charge in [0.25, 0.3) is 0 Å². The van der Waals surface area contributed by atoms with Gasteiger partial charge >= 0.3 is 0 Å². The second-order valence-electron chi connectivity index (χ2n) is 9.40. The van der Waals surface area contributed by atoms with Gasteiger partial charge in [-0.1, -0.05) is 20.4 Å². The van der Waals surface area contributed by atoms with E-state index >= 15 is 0 Å². The summed E-state index contributed by atoms with van der Waals surface area (Å²) in [6, 6.07) is 0. The fourth-order valence-corrected chi connectivity index (χ4v) is 7.39. The number of fused-ring (bicyclic) bond motifs is 3. The molecule has 0 aromatic rings. The van der Waals surface area contributed by atoms with Crippen molar-refractivity contribution in [1.82, 2.24) is 0 Å². The highest BCUT2D eigenvalue weighted by Crippen LogP contribution is 2.70. The number of Topliss-reactive ketones (excluding diaryl/α,β-unsaturated/α-hetero) is 1. The van der Waals surface area contributed by atoms with Crippen molar-refractivity contribution in [2.45, 2.75) is 64.6 Å². The number of hydrogen-bond acceptors (Lipinski definition) is 4. The highest BCUT2D eigenvalue weighted by Gasteiger charge is 2.72. The maximum absolute atomic E-state index is 13.1. The molecule has 1 spiro atoms. The van der Waals surface area contributed by atoms with E-state index in [1.54, 1.807) is 0 Å². The zero-order chi connectivity index (χ0) is 17.5. The minimum atomic E-state index is -0.750. The van der Waals surface area contributed by atoms with Crippen LogP contribution in [0, 0.1) is 34.0 Å². The molecule has 0 amide bonds. The molecular formula is C20H30O4. The number of carbonyl (C=O) groups excluding carboxylic acids is 1. The molecule has 0 radical (unpaired) electrons. The van der Waals surface area contributed by atoms with Crippen LogP contribution in [0.2, 0.25) is 0 Å². The van der Waals surface area contributed by atoms with Crippen LogP contribution in [0.15, 0.2) is 12.2 Å². The normalized spacial score (nSPS) is 56.8. The SMILES string of the molecule is C=C1C(=O)[C@@]23CC[C@@H]4[C@@](C)(CO)CC[C@H](O)[C@@]4(C)[C@@H]2CC[C@@H]1[C@H]3O. The summed E-state index contributed by atoms with van der Waals surface area (Å²) in [6.45, 7) is 8.34.